The number of rotatable bonds is 6. The molecule has 1 atom stereocenters. The number of hydrogen-bond donors (Lipinski definition) is 2. The quantitative estimate of drug-likeness (QED) is 0.805. The maximum atomic E-state index is 12.5. The van der Waals surface area contributed by atoms with Crippen molar-refractivity contribution in [2.75, 3.05) is 14.1 Å². The van der Waals surface area contributed by atoms with Crippen molar-refractivity contribution in [3.63, 3.8) is 0 Å². The van der Waals surface area contributed by atoms with Crippen LogP contribution >= 0.6 is 24.8 Å². The normalized spacial score (nSPS) is 12.5. The van der Waals surface area contributed by atoms with E-state index < -0.39 is 5.54 Å². The summed E-state index contributed by atoms with van der Waals surface area (Å²) in [5, 5.41) is 2.97. The zero-order chi connectivity index (χ0) is 16.9. The highest BCUT2D eigenvalue weighted by Gasteiger charge is 2.30. The molecule has 6 heteroatoms. The van der Waals surface area contributed by atoms with Gasteiger partial charge in [-0.15, -0.1) is 24.8 Å². The third kappa shape index (κ3) is 6.33. The summed E-state index contributed by atoms with van der Waals surface area (Å²) in [6.07, 6.45) is 0. The number of hydrogen-bond acceptors (Lipinski definition) is 3. The molecular weight excluding hydrogens is 357 g/mol. The number of amides is 1. The molecule has 2 rings (SSSR count). The van der Waals surface area contributed by atoms with Gasteiger partial charge in [0.15, 0.2) is 0 Å². The molecule has 1 unspecified atom stereocenters. The molecule has 0 fully saturated rings. The molecule has 2 aromatic rings. The lowest BCUT2D eigenvalue weighted by Crippen LogP contribution is -2.48. The Morgan fingerprint density at radius 3 is 2.08 bits per heavy atom. The van der Waals surface area contributed by atoms with Gasteiger partial charge in [0, 0.05) is 13.1 Å². The number of nitrogens with one attached hydrogen (secondary N) is 1. The van der Waals surface area contributed by atoms with Crippen molar-refractivity contribution < 1.29 is 4.79 Å². The van der Waals surface area contributed by atoms with Gasteiger partial charge in [-0.05, 0) is 37.7 Å². The molecule has 0 aliphatic rings. The van der Waals surface area contributed by atoms with Gasteiger partial charge in [-0.1, -0.05) is 54.6 Å². The summed E-state index contributed by atoms with van der Waals surface area (Å²) in [7, 11) is 4.06. The average Bonchev–Trinajstić information content (AvgIpc) is 2.54. The second-order valence-corrected chi connectivity index (χ2v) is 6.26. The van der Waals surface area contributed by atoms with E-state index in [1.165, 1.54) is 5.56 Å². The zero-order valence-corrected chi connectivity index (χ0v) is 16.5. The van der Waals surface area contributed by atoms with Crippen molar-refractivity contribution in [3.8, 4) is 0 Å². The molecule has 0 saturated carbocycles. The fraction of sp³-hybridized carbons (Fsp3) is 0.316. The molecule has 0 heterocycles. The molecule has 0 radical (unpaired) electrons. The molecule has 0 spiro atoms. The maximum Gasteiger partial charge on any atom is 0.244 e. The Bertz CT molecular complexity index is 661. The van der Waals surface area contributed by atoms with Crippen LogP contribution in [0.4, 0.5) is 0 Å². The molecule has 0 aliphatic carbocycles. The van der Waals surface area contributed by atoms with Crippen LogP contribution in [0.5, 0.6) is 0 Å². The first-order valence-corrected chi connectivity index (χ1v) is 7.75. The lowest BCUT2D eigenvalue weighted by Gasteiger charge is -2.24. The molecular formula is C19H27Cl2N3O. The van der Waals surface area contributed by atoms with Gasteiger partial charge >= 0.3 is 0 Å². The lowest BCUT2D eigenvalue weighted by atomic mass is 9.92. The zero-order valence-electron chi connectivity index (χ0n) is 14.9. The second kappa shape index (κ2) is 10.4. The fourth-order valence-corrected chi connectivity index (χ4v) is 2.50. The highest BCUT2D eigenvalue weighted by molar-refractivity contribution is 5.87. The van der Waals surface area contributed by atoms with Crippen LogP contribution in [-0.2, 0) is 23.4 Å². The number of carbonyl (C=O) groups excluding carboxylic acids is 1. The van der Waals surface area contributed by atoms with Crippen LogP contribution in [-0.4, -0.2) is 24.9 Å². The summed E-state index contributed by atoms with van der Waals surface area (Å²) in [6, 6.07) is 17.6. The Morgan fingerprint density at radius 1 is 1.00 bits per heavy atom. The summed E-state index contributed by atoms with van der Waals surface area (Å²) in [5.41, 5.74) is 8.32. The summed E-state index contributed by atoms with van der Waals surface area (Å²) in [6.45, 7) is 3.05. The van der Waals surface area contributed by atoms with E-state index >= 15 is 0 Å². The molecule has 0 bridgehead atoms. The van der Waals surface area contributed by atoms with Crippen molar-refractivity contribution in [1.82, 2.24) is 10.2 Å². The summed E-state index contributed by atoms with van der Waals surface area (Å²) in [5.74, 6) is -0.177. The standard InChI is InChI=1S/C19H25N3O.2ClH/c1-19(20,17-11-5-4-6-12-17)18(23)21-13-15-9-7-8-10-16(15)14-22(2)3;;/h4-12H,13-14,20H2,1-3H3,(H,21,23);2*1H. The van der Waals surface area contributed by atoms with E-state index in [9.17, 15) is 4.79 Å². The van der Waals surface area contributed by atoms with E-state index in [4.69, 9.17) is 5.73 Å². The molecule has 4 nitrogen and oxygen atoms in total. The monoisotopic (exact) mass is 383 g/mol. The Hall–Kier alpha value is -1.59. The third-order valence-corrected chi connectivity index (χ3v) is 3.89. The van der Waals surface area contributed by atoms with Crippen molar-refractivity contribution in [2.24, 2.45) is 5.73 Å². The molecule has 3 N–H and O–H groups in total. The number of nitrogens with two attached hydrogens (primary N) is 1. The van der Waals surface area contributed by atoms with E-state index in [0.717, 1.165) is 17.7 Å². The second-order valence-electron chi connectivity index (χ2n) is 6.26. The molecule has 0 aromatic heterocycles. The van der Waals surface area contributed by atoms with E-state index in [2.05, 4.69) is 16.3 Å². The van der Waals surface area contributed by atoms with Gasteiger partial charge in [-0.25, -0.2) is 0 Å². The van der Waals surface area contributed by atoms with Crippen molar-refractivity contribution in [2.45, 2.75) is 25.6 Å². The van der Waals surface area contributed by atoms with E-state index in [-0.39, 0.29) is 30.7 Å². The first-order chi connectivity index (χ1) is 10.9. The first-order valence-electron chi connectivity index (χ1n) is 7.75. The average molecular weight is 384 g/mol. The number of halogens is 2. The van der Waals surface area contributed by atoms with Gasteiger partial charge in [0.05, 0.1) is 0 Å². The minimum atomic E-state index is -1.04. The van der Waals surface area contributed by atoms with Crippen LogP contribution in [0.1, 0.15) is 23.6 Å². The minimum Gasteiger partial charge on any atom is -0.350 e. The van der Waals surface area contributed by atoms with Gasteiger partial charge in [-0.3, -0.25) is 4.79 Å². The highest BCUT2D eigenvalue weighted by atomic mass is 35.5. The topological polar surface area (TPSA) is 58.4 Å². The Kier molecular flexibility index (Phi) is 9.75. The van der Waals surface area contributed by atoms with Crippen molar-refractivity contribution in [3.05, 3.63) is 71.3 Å². The molecule has 0 aliphatic heterocycles. The van der Waals surface area contributed by atoms with Crippen LogP contribution in [0.2, 0.25) is 0 Å². The Morgan fingerprint density at radius 2 is 1.52 bits per heavy atom. The predicted octanol–water partition coefficient (Wildman–Crippen LogP) is 3.08. The summed E-state index contributed by atoms with van der Waals surface area (Å²) >= 11 is 0. The van der Waals surface area contributed by atoms with Crippen molar-refractivity contribution >= 4 is 30.7 Å². The van der Waals surface area contributed by atoms with Crippen LogP contribution in [0.25, 0.3) is 0 Å². The number of nitrogens with zero attached hydrogens (tertiary/aromatic N) is 1. The molecule has 138 valence electrons. The highest BCUT2D eigenvalue weighted by Crippen LogP contribution is 2.18. The summed E-state index contributed by atoms with van der Waals surface area (Å²) in [4.78, 5) is 14.6. The Labute approximate surface area is 162 Å². The van der Waals surface area contributed by atoms with Gasteiger partial charge in [0.25, 0.3) is 0 Å². The molecule has 1 amide bonds. The summed E-state index contributed by atoms with van der Waals surface area (Å²) < 4.78 is 0. The molecule has 2 aromatic carbocycles. The Balaban J connectivity index is 0.00000288. The van der Waals surface area contributed by atoms with Crippen LogP contribution in [0, 0.1) is 0 Å². The molecule has 25 heavy (non-hydrogen) atoms. The maximum absolute atomic E-state index is 12.5. The van der Waals surface area contributed by atoms with E-state index in [1.807, 2.05) is 62.6 Å². The SMILES string of the molecule is CN(C)Cc1ccccc1CNC(=O)C(C)(N)c1ccccc1.Cl.Cl. The number of carbonyl (C=O) groups is 1. The fourth-order valence-electron chi connectivity index (χ4n) is 2.50. The minimum absolute atomic E-state index is 0. The van der Waals surface area contributed by atoms with Crippen LogP contribution in [0.15, 0.2) is 54.6 Å². The van der Waals surface area contributed by atoms with Crippen LogP contribution < -0.4 is 11.1 Å². The van der Waals surface area contributed by atoms with Gasteiger partial charge in [0.1, 0.15) is 5.54 Å². The van der Waals surface area contributed by atoms with Crippen molar-refractivity contribution in [1.29, 1.82) is 0 Å². The first kappa shape index (κ1) is 23.4. The lowest BCUT2D eigenvalue weighted by molar-refractivity contribution is -0.126. The van der Waals surface area contributed by atoms with Crippen LogP contribution in [0.3, 0.4) is 0 Å². The van der Waals surface area contributed by atoms with E-state index in [0.29, 0.717) is 6.54 Å². The largest absolute Gasteiger partial charge is 0.350 e. The van der Waals surface area contributed by atoms with Gasteiger partial charge in [-0.2, -0.15) is 0 Å². The molecule has 0 saturated heterocycles. The van der Waals surface area contributed by atoms with E-state index in [1.54, 1.807) is 6.92 Å². The predicted molar refractivity (Wildman–Crippen MR) is 108 cm³/mol. The number of benzene rings is 2. The van der Waals surface area contributed by atoms with Gasteiger partial charge in [0.2, 0.25) is 5.91 Å². The smallest absolute Gasteiger partial charge is 0.244 e. The third-order valence-electron chi connectivity index (χ3n) is 3.89. The van der Waals surface area contributed by atoms with Gasteiger partial charge < -0.3 is 16.0 Å².